The van der Waals surface area contributed by atoms with Crippen molar-refractivity contribution in [3.8, 4) is 0 Å². The Morgan fingerprint density at radius 1 is 1.24 bits per heavy atom. The van der Waals surface area contributed by atoms with Crippen LogP contribution >= 0.6 is 11.8 Å². The van der Waals surface area contributed by atoms with Crippen molar-refractivity contribution < 1.29 is 4.79 Å². The molecule has 2 heterocycles. The van der Waals surface area contributed by atoms with E-state index in [1.54, 1.807) is 12.4 Å². The van der Waals surface area contributed by atoms with Gasteiger partial charge in [-0.25, -0.2) is 0 Å². The summed E-state index contributed by atoms with van der Waals surface area (Å²) in [4.78, 5) is 20.4. The van der Waals surface area contributed by atoms with Crippen LogP contribution in [0.5, 0.6) is 0 Å². The molecule has 1 aliphatic rings. The smallest absolute Gasteiger partial charge is 0.259 e. The average Bonchev–Trinajstić information content (AvgIpc) is 2.75. The van der Waals surface area contributed by atoms with E-state index in [9.17, 15) is 4.79 Å². The highest BCUT2D eigenvalue weighted by atomic mass is 32.2. The topological polar surface area (TPSA) is 54.9 Å². The number of nitrogens with zero attached hydrogens (tertiary/aromatic N) is 2. The Morgan fingerprint density at radius 2 is 2.06 bits per heavy atom. The number of aromatic nitrogens is 2. The lowest BCUT2D eigenvalue weighted by Gasteiger charge is -1.98. The first kappa shape index (κ1) is 10.3. The SMILES string of the molecule is O=C1N[C]SC1=Cc1ccc2nccnc2c1. The fourth-order valence-electron chi connectivity index (χ4n) is 1.55. The van der Waals surface area contributed by atoms with Gasteiger partial charge in [0.15, 0.2) is 5.88 Å². The van der Waals surface area contributed by atoms with Crippen LogP contribution in [0, 0.1) is 5.88 Å². The Labute approximate surface area is 102 Å². The molecule has 2 aromatic rings. The molecule has 2 radical (unpaired) electrons. The van der Waals surface area contributed by atoms with Crippen LogP contribution in [-0.4, -0.2) is 15.9 Å². The summed E-state index contributed by atoms with van der Waals surface area (Å²) in [6.07, 6.45) is 5.12. The highest BCUT2D eigenvalue weighted by molar-refractivity contribution is 8.06. The highest BCUT2D eigenvalue weighted by Crippen LogP contribution is 2.26. The molecule has 0 bridgehead atoms. The maximum atomic E-state index is 11.4. The number of carbonyl (C=O) groups is 1. The van der Waals surface area contributed by atoms with Crippen molar-refractivity contribution in [3.05, 3.63) is 46.9 Å². The predicted molar refractivity (Wildman–Crippen MR) is 66.5 cm³/mol. The minimum Gasteiger partial charge on any atom is -0.331 e. The first-order valence-corrected chi connectivity index (χ1v) is 5.79. The summed E-state index contributed by atoms with van der Waals surface area (Å²) in [7, 11) is 0. The zero-order valence-electron chi connectivity index (χ0n) is 8.68. The van der Waals surface area contributed by atoms with Gasteiger partial charge in [0.2, 0.25) is 0 Å². The Morgan fingerprint density at radius 3 is 2.82 bits per heavy atom. The Kier molecular flexibility index (Phi) is 2.53. The third kappa shape index (κ3) is 2.01. The zero-order chi connectivity index (χ0) is 11.7. The normalized spacial score (nSPS) is 17.6. The maximum Gasteiger partial charge on any atom is 0.259 e. The van der Waals surface area contributed by atoms with Crippen LogP contribution < -0.4 is 5.32 Å². The van der Waals surface area contributed by atoms with Gasteiger partial charge < -0.3 is 5.32 Å². The molecule has 5 heteroatoms. The van der Waals surface area contributed by atoms with Crippen LogP contribution in [0.25, 0.3) is 17.1 Å². The first-order chi connectivity index (χ1) is 8.33. The van der Waals surface area contributed by atoms with Gasteiger partial charge in [0.05, 0.1) is 15.9 Å². The average molecular weight is 241 g/mol. The van der Waals surface area contributed by atoms with Gasteiger partial charge in [0, 0.05) is 12.4 Å². The Hall–Kier alpha value is -1.88. The molecule has 0 atom stereocenters. The summed E-state index contributed by atoms with van der Waals surface area (Å²) < 4.78 is 0. The number of hydrogen-bond donors (Lipinski definition) is 1. The molecule has 0 saturated carbocycles. The molecule has 4 nitrogen and oxygen atoms in total. The summed E-state index contributed by atoms with van der Waals surface area (Å²) in [6, 6.07) is 5.71. The van der Waals surface area contributed by atoms with E-state index in [2.05, 4.69) is 21.2 Å². The van der Waals surface area contributed by atoms with Gasteiger partial charge in [-0.2, -0.15) is 0 Å². The second-order valence-corrected chi connectivity index (χ2v) is 4.32. The molecule has 1 aromatic carbocycles. The third-order valence-corrected chi connectivity index (χ3v) is 3.07. The third-order valence-electron chi connectivity index (χ3n) is 2.34. The molecule has 82 valence electrons. The molecule has 0 unspecified atom stereocenters. The van der Waals surface area contributed by atoms with Gasteiger partial charge in [-0.3, -0.25) is 14.8 Å². The van der Waals surface area contributed by atoms with E-state index in [4.69, 9.17) is 0 Å². The minimum atomic E-state index is -0.116. The molecule has 1 aromatic heterocycles. The van der Waals surface area contributed by atoms with Crippen molar-refractivity contribution in [1.29, 1.82) is 0 Å². The minimum absolute atomic E-state index is 0.116. The van der Waals surface area contributed by atoms with Gasteiger partial charge >= 0.3 is 0 Å². The van der Waals surface area contributed by atoms with Crippen LogP contribution in [0.3, 0.4) is 0 Å². The number of rotatable bonds is 1. The van der Waals surface area contributed by atoms with E-state index >= 15 is 0 Å². The number of carbonyl (C=O) groups excluding carboxylic acids is 1. The fourth-order valence-corrected chi connectivity index (χ4v) is 2.14. The van der Waals surface area contributed by atoms with Crippen molar-refractivity contribution in [2.24, 2.45) is 0 Å². The maximum absolute atomic E-state index is 11.4. The second kappa shape index (κ2) is 4.18. The number of fused-ring (bicyclic) bond motifs is 1. The molecule has 0 spiro atoms. The lowest BCUT2D eigenvalue weighted by atomic mass is 10.2. The van der Waals surface area contributed by atoms with Gasteiger partial charge in [-0.05, 0) is 23.8 Å². The first-order valence-electron chi connectivity index (χ1n) is 4.97. The Balaban J connectivity index is 2.04. The summed E-state index contributed by atoms with van der Waals surface area (Å²) in [6.45, 7) is 0. The summed E-state index contributed by atoms with van der Waals surface area (Å²) in [5.74, 6) is 2.58. The predicted octanol–water partition coefficient (Wildman–Crippen LogP) is 1.83. The van der Waals surface area contributed by atoms with E-state index in [-0.39, 0.29) is 5.91 Å². The van der Waals surface area contributed by atoms with Crippen LogP contribution in [0.2, 0.25) is 0 Å². The van der Waals surface area contributed by atoms with Crippen molar-refractivity contribution in [2.45, 2.75) is 0 Å². The lowest BCUT2D eigenvalue weighted by Crippen LogP contribution is -2.11. The number of nitrogens with one attached hydrogen (secondary N) is 1. The zero-order valence-corrected chi connectivity index (χ0v) is 9.49. The Bertz CT molecular complexity index is 624. The van der Waals surface area contributed by atoms with E-state index in [0.717, 1.165) is 16.6 Å². The van der Waals surface area contributed by atoms with Crippen LogP contribution in [0.15, 0.2) is 35.5 Å². The van der Waals surface area contributed by atoms with E-state index in [1.807, 2.05) is 24.3 Å². The van der Waals surface area contributed by atoms with Crippen molar-refractivity contribution in [1.82, 2.24) is 15.3 Å². The van der Waals surface area contributed by atoms with Gasteiger partial charge in [0.1, 0.15) is 0 Å². The highest BCUT2D eigenvalue weighted by Gasteiger charge is 2.17. The molecule has 1 fully saturated rings. The number of hydrogen-bond acceptors (Lipinski definition) is 4. The van der Waals surface area contributed by atoms with Crippen molar-refractivity contribution in [2.75, 3.05) is 0 Å². The molecular formula is C12H7N3OS. The van der Waals surface area contributed by atoms with Gasteiger partial charge in [0.25, 0.3) is 5.91 Å². The van der Waals surface area contributed by atoms with E-state index < -0.39 is 0 Å². The van der Waals surface area contributed by atoms with Crippen LogP contribution in [-0.2, 0) is 4.79 Å². The molecule has 17 heavy (non-hydrogen) atoms. The summed E-state index contributed by atoms with van der Waals surface area (Å²) in [5.41, 5.74) is 2.59. The second-order valence-electron chi connectivity index (χ2n) is 3.47. The monoisotopic (exact) mass is 241 g/mol. The fraction of sp³-hybridized carbons (Fsp3) is 0. The standard InChI is InChI=1S/C12H7N3OS/c16-12-11(17-7-15-12)6-8-1-2-9-10(5-8)14-4-3-13-9/h1-6H,(H,15,16). The molecule has 3 rings (SSSR count). The number of benzene rings is 1. The number of amides is 1. The summed E-state index contributed by atoms with van der Waals surface area (Å²) >= 11 is 1.27. The van der Waals surface area contributed by atoms with E-state index in [1.165, 1.54) is 11.8 Å². The van der Waals surface area contributed by atoms with Crippen molar-refractivity contribution >= 4 is 34.8 Å². The largest absolute Gasteiger partial charge is 0.331 e. The van der Waals surface area contributed by atoms with E-state index in [0.29, 0.717) is 4.91 Å². The lowest BCUT2D eigenvalue weighted by molar-refractivity contribution is -0.115. The summed E-state index contributed by atoms with van der Waals surface area (Å²) in [5, 5.41) is 2.50. The van der Waals surface area contributed by atoms with Crippen molar-refractivity contribution in [3.63, 3.8) is 0 Å². The molecule has 1 aliphatic heterocycles. The van der Waals surface area contributed by atoms with Gasteiger partial charge in [-0.15, -0.1) is 0 Å². The quantitative estimate of drug-likeness (QED) is 0.774. The van der Waals surface area contributed by atoms with Crippen LogP contribution in [0.4, 0.5) is 0 Å². The molecular weight excluding hydrogens is 234 g/mol. The molecule has 1 N–H and O–H groups in total. The molecule has 0 aliphatic carbocycles. The van der Waals surface area contributed by atoms with Gasteiger partial charge in [-0.1, -0.05) is 17.8 Å². The molecule has 1 amide bonds. The van der Waals surface area contributed by atoms with Crippen LogP contribution in [0.1, 0.15) is 5.56 Å². The molecule has 1 saturated heterocycles. The number of thioether (sulfide) groups is 1.